The van der Waals surface area contributed by atoms with Gasteiger partial charge in [-0.15, -0.1) is 0 Å². The normalized spacial score (nSPS) is 12.3. The van der Waals surface area contributed by atoms with Crippen LogP contribution in [0.3, 0.4) is 0 Å². The number of carbonyl (C=O) groups excluding carboxylic acids is 1. The van der Waals surface area contributed by atoms with E-state index in [2.05, 4.69) is 21.4 Å². The van der Waals surface area contributed by atoms with Gasteiger partial charge >= 0.3 is 0 Å². The van der Waals surface area contributed by atoms with Gasteiger partial charge in [-0.2, -0.15) is 5.26 Å². The van der Waals surface area contributed by atoms with E-state index in [0.717, 1.165) is 46.6 Å². The quantitative estimate of drug-likeness (QED) is 0.790. The van der Waals surface area contributed by atoms with E-state index >= 15 is 0 Å². The molecule has 3 aromatic rings. The summed E-state index contributed by atoms with van der Waals surface area (Å²) in [5.74, 6) is 0.804. The van der Waals surface area contributed by atoms with Crippen molar-refractivity contribution in [3.05, 3.63) is 77.4 Å². The van der Waals surface area contributed by atoms with Gasteiger partial charge in [0.2, 0.25) is 5.91 Å². The summed E-state index contributed by atoms with van der Waals surface area (Å²) in [5.41, 5.74) is 5.61. The second-order valence-corrected chi connectivity index (χ2v) is 6.30. The summed E-state index contributed by atoms with van der Waals surface area (Å²) in [6.07, 6.45) is 5.57. The minimum atomic E-state index is 0.0317. The van der Waals surface area contributed by atoms with E-state index in [1.807, 2.05) is 48.8 Å². The highest BCUT2D eigenvalue weighted by atomic mass is 16.1. The first-order valence-corrected chi connectivity index (χ1v) is 8.44. The summed E-state index contributed by atoms with van der Waals surface area (Å²) >= 11 is 0. The van der Waals surface area contributed by atoms with Crippen LogP contribution in [-0.2, 0) is 24.1 Å². The molecule has 1 aliphatic rings. The van der Waals surface area contributed by atoms with Gasteiger partial charge in [-0.1, -0.05) is 18.2 Å². The van der Waals surface area contributed by atoms with Crippen LogP contribution in [0.5, 0.6) is 0 Å². The molecule has 0 fully saturated rings. The van der Waals surface area contributed by atoms with E-state index in [1.165, 1.54) is 0 Å². The molecule has 1 amide bonds. The molecule has 26 heavy (non-hydrogen) atoms. The molecule has 1 N–H and O–H groups in total. The van der Waals surface area contributed by atoms with Crippen molar-refractivity contribution in [1.29, 1.82) is 5.26 Å². The molecule has 5 nitrogen and oxygen atoms in total. The lowest BCUT2D eigenvalue weighted by molar-refractivity contribution is -0.115. The van der Waals surface area contributed by atoms with Crippen molar-refractivity contribution in [2.45, 2.75) is 19.3 Å². The Kier molecular flexibility index (Phi) is 4.16. The van der Waals surface area contributed by atoms with Crippen molar-refractivity contribution in [1.82, 2.24) is 9.97 Å². The third-order valence-corrected chi connectivity index (χ3v) is 4.46. The van der Waals surface area contributed by atoms with Gasteiger partial charge in [0.25, 0.3) is 0 Å². The Morgan fingerprint density at radius 1 is 1.04 bits per heavy atom. The van der Waals surface area contributed by atoms with Gasteiger partial charge in [0.15, 0.2) is 0 Å². The van der Waals surface area contributed by atoms with Crippen molar-refractivity contribution in [3.63, 3.8) is 0 Å². The van der Waals surface area contributed by atoms with Gasteiger partial charge in [0.05, 0.1) is 18.1 Å². The monoisotopic (exact) mass is 340 g/mol. The number of aromatic nitrogens is 2. The highest BCUT2D eigenvalue weighted by Crippen LogP contribution is 2.28. The molecule has 0 saturated heterocycles. The van der Waals surface area contributed by atoms with Crippen molar-refractivity contribution in [2.75, 3.05) is 5.32 Å². The molecule has 4 rings (SSSR count). The average molecular weight is 340 g/mol. The van der Waals surface area contributed by atoms with Crippen LogP contribution in [0.1, 0.15) is 22.5 Å². The predicted molar refractivity (Wildman–Crippen MR) is 98.4 cm³/mol. The molecule has 0 unspecified atom stereocenters. The zero-order chi connectivity index (χ0) is 17.9. The number of amides is 1. The molecule has 0 saturated carbocycles. The molecule has 1 aliphatic heterocycles. The van der Waals surface area contributed by atoms with Gasteiger partial charge in [-0.3, -0.25) is 4.79 Å². The molecule has 0 bridgehead atoms. The number of carbonyl (C=O) groups is 1. The van der Waals surface area contributed by atoms with Crippen LogP contribution >= 0.6 is 0 Å². The molecule has 0 radical (unpaired) electrons. The molecule has 5 heteroatoms. The predicted octanol–water partition coefficient (Wildman–Crippen LogP) is 3.30. The van der Waals surface area contributed by atoms with E-state index in [4.69, 9.17) is 5.26 Å². The number of aryl methyl sites for hydroxylation is 2. The number of rotatable bonds is 4. The number of hydrogen-bond acceptors (Lipinski definition) is 4. The van der Waals surface area contributed by atoms with Crippen LogP contribution in [-0.4, -0.2) is 15.9 Å². The van der Waals surface area contributed by atoms with E-state index < -0.39 is 0 Å². The zero-order valence-electron chi connectivity index (χ0n) is 14.1. The summed E-state index contributed by atoms with van der Waals surface area (Å²) in [6.45, 7) is 0. The lowest BCUT2D eigenvalue weighted by Gasteiger charge is -2.06. The smallest absolute Gasteiger partial charge is 0.228 e. The number of anilines is 1. The number of nitrogens with zero attached hydrogens (tertiary/aromatic N) is 3. The van der Waals surface area contributed by atoms with Crippen LogP contribution in [0.15, 0.2) is 54.9 Å². The van der Waals surface area contributed by atoms with Crippen LogP contribution < -0.4 is 5.32 Å². The van der Waals surface area contributed by atoms with Crippen molar-refractivity contribution in [3.8, 4) is 17.2 Å². The first-order chi connectivity index (χ1) is 12.7. The molecule has 0 spiro atoms. The summed E-state index contributed by atoms with van der Waals surface area (Å²) < 4.78 is 0. The maximum atomic E-state index is 11.5. The second-order valence-electron chi connectivity index (χ2n) is 6.30. The number of nitrogens with one attached hydrogen (secondary N) is 1. The first-order valence-electron chi connectivity index (χ1n) is 8.44. The van der Waals surface area contributed by atoms with Crippen LogP contribution in [0.25, 0.3) is 11.1 Å². The van der Waals surface area contributed by atoms with E-state index in [9.17, 15) is 4.79 Å². The van der Waals surface area contributed by atoms with Gasteiger partial charge in [0, 0.05) is 30.1 Å². The highest BCUT2D eigenvalue weighted by Gasteiger charge is 2.17. The molecule has 0 aliphatic carbocycles. The number of fused-ring (bicyclic) bond motifs is 1. The molecule has 2 aromatic carbocycles. The lowest BCUT2D eigenvalue weighted by atomic mass is 10.0. The fourth-order valence-corrected chi connectivity index (χ4v) is 3.09. The largest absolute Gasteiger partial charge is 0.326 e. The van der Waals surface area contributed by atoms with E-state index in [0.29, 0.717) is 12.0 Å². The van der Waals surface area contributed by atoms with Crippen molar-refractivity contribution < 1.29 is 4.79 Å². The number of nitriles is 1. The first kappa shape index (κ1) is 16.0. The maximum Gasteiger partial charge on any atom is 0.228 e. The zero-order valence-corrected chi connectivity index (χ0v) is 14.1. The Labute approximate surface area is 151 Å². The third kappa shape index (κ3) is 3.31. The molecular weight excluding hydrogens is 324 g/mol. The summed E-state index contributed by atoms with van der Waals surface area (Å²) in [5, 5.41) is 11.8. The third-order valence-electron chi connectivity index (χ3n) is 4.46. The Morgan fingerprint density at radius 3 is 2.69 bits per heavy atom. The summed E-state index contributed by atoms with van der Waals surface area (Å²) in [7, 11) is 0. The standard InChI is InChI=1S/C21H16N4O/c22-11-15-3-1-2-14(8-15)4-7-20-23-12-18(13-24-20)16-5-6-19-17(9-16)10-21(26)25-19/h1-3,5-6,8-9,12-13H,4,7,10H2,(H,25,26). The van der Waals surface area contributed by atoms with Gasteiger partial charge < -0.3 is 5.32 Å². The minimum Gasteiger partial charge on any atom is -0.326 e. The van der Waals surface area contributed by atoms with E-state index in [-0.39, 0.29) is 5.91 Å². The molecule has 126 valence electrons. The van der Waals surface area contributed by atoms with Crippen molar-refractivity contribution >= 4 is 11.6 Å². The lowest BCUT2D eigenvalue weighted by Crippen LogP contribution is -2.03. The van der Waals surface area contributed by atoms with Gasteiger partial charge in [0.1, 0.15) is 5.82 Å². The van der Waals surface area contributed by atoms with Gasteiger partial charge in [-0.05, 0) is 47.4 Å². The second kappa shape index (κ2) is 6.77. The van der Waals surface area contributed by atoms with E-state index in [1.54, 1.807) is 6.07 Å². The van der Waals surface area contributed by atoms with Crippen LogP contribution in [0, 0.1) is 11.3 Å². The molecule has 0 atom stereocenters. The van der Waals surface area contributed by atoms with Crippen LogP contribution in [0.4, 0.5) is 5.69 Å². The highest BCUT2D eigenvalue weighted by molar-refractivity contribution is 5.99. The fourth-order valence-electron chi connectivity index (χ4n) is 3.09. The Morgan fingerprint density at radius 2 is 1.88 bits per heavy atom. The SMILES string of the molecule is N#Cc1cccc(CCc2ncc(-c3ccc4c(c3)CC(=O)N4)cn2)c1. The fraction of sp³-hybridized carbons (Fsp3) is 0.143. The minimum absolute atomic E-state index is 0.0317. The average Bonchev–Trinajstić information content (AvgIpc) is 3.06. The Balaban J connectivity index is 1.46. The summed E-state index contributed by atoms with van der Waals surface area (Å²) in [6, 6.07) is 15.7. The summed E-state index contributed by atoms with van der Waals surface area (Å²) in [4.78, 5) is 20.4. The Hall–Kier alpha value is -3.52. The number of hydrogen-bond donors (Lipinski definition) is 1. The van der Waals surface area contributed by atoms with Crippen LogP contribution in [0.2, 0.25) is 0 Å². The molecular formula is C21H16N4O. The molecule has 1 aromatic heterocycles. The Bertz CT molecular complexity index is 1020. The maximum absolute atomic E-state index is 11.5. The molecule has 2 heterocycles. The van der Waals surface area contributed by atoms with Gasteiger partial charge in [-0.25, -0.2) is 9.97 Å². The number of benzene rings is 2. The topological polar surface area (TPSA) is 78.7 Å². The van der Waals surface area contributed by atoms with Crippen molar-refractivity contribution in [2.24, 2.45) is 0 Å².